The molecule has 0 spiro atoms. The van der Waals surface area contributed by atoms with Crippen LogP contribution in [0.25, 0.3) is 10.8 Å². The van der Waals surface area contributed by atoms with Crippen molar-refractivity contribution in [3.05, 3.63) is 48.0 Å². The van der Waals surface area contributed by atoms with Gasteiger partial charge in [-0.05, 0) is 28.2 Å². The Kier molecular flexibility index (Phi) is 2.10. The van der Waals surface area contributed by atoms with Crippen LogP contribution in [0.15, 0.2) is 42.5 Å². The molecule has 1 aliphatic carbocycles. The van der Waals surface area contributed by atoms with Crippen LogP contribution in [-0.2, 0) is 10.2 Å². The molecule has 1 aliphatic rings. The number of carboxylic acid groups (broad SMARTS) is 1. The average molecular weight is 240 g/mol. The Morgan fingerprint density at radius 2 is 1.72 bits per heavy atom. The Bertz CT molecular complexity index is 637. The number of hydrogen-bond donors (Lipinski definition) is 1. The molecule has 0 aliphatic heterocycles. The van der Waals surface area contributed by atoms with Crippen molar-refractivity contribution in [1.29, 1.82) is 0 Å². The second-order valence-corrected chi connectivity index (χ2v) is 5.80. The number of hydrogen-bond acceptors (Lipinski definition) is 1. The summed E-state index contributed by atoms with van der Waals surface area (Å²) in [6.07, 6.45) is 0.712. The van der Waals surface area contributed by atoms with Crippen LogP contribution in [0.1, 0.15) is 25.8 Å². The van der Waals surface area contributed by atoms with Gasteiger partial charge in [-0.25, -0.2) is 0 Å². The second kappa shape index (κ2) is 3.35. The molecule has 92 valence electrons. The third-order valence-electron chi connectivity index (χ3n) is 4.35. The summed E-state index contributed by atoms with van der Waals surface area (Å²) in [5.41, 5.74) is 0.0784. The minimum Gasteiger partial charge on any atom is -0.481 e. The van der Waals surface area contributed by atoms with E-state index in [1.54, 1.807) is 0 Å². The molecule has 0 amide bonds. The highest BCUT2D eigenvalue weighted by molar-refractivity contribution is 5.96. The lowest BCUT2D eigenvalue weighted by Gasteiger charge is -2.18. The molecule has 18 heavy (non-hydrogen) atoms. The predicted molar refractivity (Wildman–Crippen MR) is 71.7 cm³/mol. The van der Waals surface area contributed by atoms with Crippen molar-refractivity contribution >= 4 is 16.7 Å². The van der Waals surface area contributed by atoms with E-state index in [2.05, 4.69) is 0 Å². The Morgan fingerprint density at radius 3 is 2.33 bits per heavy atom. The highest BCUT2D eigenvalue weighted by atomic mass is 16.4. The maximum absolute atomic E-state index is 11.7. The molecule has 0 bridgehead atoms. The standard InChI is InChI=1S/C16H16O2/c1-15(2)10-16(15,14(17)18)13-9-5-7-11-6-3-4-8-12(11)13/h3-9H,10H2,1-2H3,(H,17,18). The first kappa shape index (κ1) is 11.3. The van der Waals surface area contributed by atoms with Crippen LogP contribution in [0.5, 0.6) is 0 Å². The normalized spacial score (nSPS) is 25.0. The van der Waals surface area contributed by atoms with Crippen LogP contribution in [-0.4, -0.2) is 11.1 Å². The summed E-state index contributed by atoms with van der Waals surface area (Å²) in [7, 11) is 0. The number of fused-ring (bicyclic) bond motifs is 1. The molecular formula is C16H16O2. The van der Waals surface area contributed by atoms with E-state index in [1.807, 2.05) is 56.3 Å². The molecular weight excluding hydrogens is 224 g/mol. The van der Waals surface area contributed by atoms with Crippen LogP contribution in [0, 0.1) is 5.41 Å². The molecule has 1 atom stereocenters. The van der Waals surface area contributed by atoms with E-state index in [0.717, 1.165) is 16.3 Å². The molecule has 3 rings (SSSR count). The van der Waals surface area contributed by atoms with Crippen molar-refractivity contribution in [1.82, 2.24) is 0 Å². The molecule has 1 fully saturated rings. The van der Waals surface area contributed by atoms with Gasteiger partial charge in [-0.3, -0.25) is 4.79 Å². The summed E-state index contributed by atoms with van der Waals surface area (Å²) >= 11 is 0. The number of benzene rings is 2. The molecule has 0 heterocycles. The van der Waals surface area contributed by atoms with Crippen molar-refractivity contribution in [2.24, 2.45) is 5.41 Å². The van der Waals surface area contributed by atoms with Gasteiger partial charge in [0.05, 0.1) is 5.41 Å². The Morgan fingerprint density at radius 1 is 1.11 bits per heavy atom. The fourth-order valence-electron chi connectivity index (χ4n) is 3.16. The van der Waals surface area contributed by atoms with Crippen LogP contribution in [0.2, 0.25) is 0 Å². The molecule has 0 aromatic heterocycles. The van der Waals surface area contributed by atoms with E-state index >= 15 is 0 Å². The summed E-state index contributed by atoms with van der Waals surface area (Å²) in [5, 5.41) is 11.8. The molecule has 0 radical (unpaired) electrons. The van der Waals surface area contributed by atoms with Crippen LogP contribution < -0.4 is 0 Å². The molecule has 2 nitrogen and oxygen atoms in total. The van der Waals surface area contributed by atoms with Gasteiger partial charge in [0.1, 0.15) is 0 Å². The number of aliphatic carboxylic acids is 1. The van der Waals surface area contributed by atoms with Gasteiger partial charge in [0.15, 0.2) is 0 Å². The highest BCUT2D eigenvalue weighted by Crippen LogP contribution is 2.65. The van der Waals surface area contributed by atoms with E-state index in [1.165, 1.54) is 0 Å². The Labute approximate surface area is 106 Å². The van der Waals surface area contributed by atoms with Crippen LogP contribution >= 0.6 is 0 Å². The van der Waals surface area contributed by atoms with Crippen LogP contribution in [0.3, 0.4) is 0 Å². The smallest absolute Gasteiger partial charge is 0.314 e. The lowest BCUT2D eigenvalue weighted by atomic mass is 9.85. The van der Waals surface area contributed by atoms with E-state index in [4.69, 9.17) is 0 Å². The lowest BCUT2D eigenvalue weighted by molar-refractivity contribution is -0.141. The zero-order valence-corrected chi connectivity index (χ0v) is 10.6. The van der Waals surface area contributed by atoms with Crippen LogP contribution in [0.4, 0.5) is 0 Å². The molecule has 0 saturated heterocycles. The minimum atomic E-state index is -0.714. The third-order valence-corrected chi connectivity index (χ3v) is 4.35. The number of carboxylic acids is 1. The quantitative estimate of drug-likeness (QED) is 0.871. The van der Waals surface area contributed by atoms with E-state index in [9.17, 15) is 9.90 Å². The van der Waals surface area contributed by atoms with E-state index in [0.29, 0.717) is 6.42 Å². The molecule has 1 unspecified atom stereocenters. The zero-order chi connectivity index (χ0) is 13.0. The maximum atomic E-state index is 11.7. The van der Waals surface area contributed by atoms with Gasteiger partial charge in [-0.15, -0.1) is 0 Å². The first-order valence-corrected chi connectivity index (χ1v) is 6.21. The zero-order valence-electron chi connectivity index (χ0n) is 10.6. The fourth-order valence-corrected chi connectivity index (χ4v) is 3.16. The first-order valence-electron chi connectivity index (χ1n) is 6.21. The van der Waals surface area contributed by atoms with Gasteiger partial charge in [-0.2, -0.15) is 0 Å². The molecule has 1 saturated carbocycles. The third kappa shape index (κ3) is 1.26. The largest absolute Gasteiger partial charge is 0.481 e. The Hall–Kier alpha value is -1.83. The van der Waals surface area contributed by atoms with Crippen molar-refractivity contribution in [3.63, 3.8) is 0 Å². The molecule has 2 aromatic carbocycles. The molecule has 1 N–H and O–H groups in total. The fraction of sp³-hybridized carbons (Fsp3) is 0.312. The van der Waals surface area contributed by atoms with Crippen molar-refractivity contribution in [2.75, 3.05) is 0 Å². The topological polar surface area (TPSA) is 37.3 Å². The predicted octanol–water partition coefficient (Wildman–Crippen LogP) is 3.59. The summed E-state index contributed by atoms with van der Waals surface area (Å²) < 4.78 is 0. The van der Waals surface area contributed by atoms with Gasteiger partial charge in [0.25, 0.3) is 0 Å². The Balaban J connectivity index is 2.30. The van der Waals surface area contributed by atoms with E-state index < -0.39 is 11.4 Å². The van der Waals surface area contributed by atoms with Crippen molar-refractivity contribution in [2.45, 2.75) is 25.7 Å². The van der Waals surface area contributed by atoms with Gasteiger partial charge >= 0.3 is 5.97 Å². The van der Waals surface area contributed by atoms with Gasteiger partial charge < -0.3 is 5.11 Å². The lowest BCUT2D eigenvalue weighted by Crippen LogP contribution is -2.25. The van der Waals surface area contributed by atoms with Crippen molar-refractivity contribution in [3.8, 4) is 0 Å². The SMILES string of the molecule is CC1(C)CC1(C(=O)O)c1cccc2ccccc12. The van der Waals surface area contributed by atoms with Gasteiger partial charge in [0.2, 0.25) is 0 Å². The average Bonchev–Trinajstić information content (AvgIpc) is 2.93. The minimum absolute atomic E-state index is 0.164. The monoisotopic (exact) mass is 240 g/mol. The van der Waals surface area contributed by atoms with Crippen molar-refractivity contribution < 1.29 is 9.90 Å². The number of carbonyl (C=O) groups is 1. The number of rotatable bonds is 2. The van der Waals surface area contributed by atoms with Gasteiger partial charge in [0, 0.05) is 0 Å². The summed E-state index contributed by atoms with van der Waals surface area (Å²) in [4.78, 5) is 11.7. The molecule has 2 heteroatoms. The summed E-state index contributed by atoms with van der Waals surface area (Å²) in [6, 6.07) is 14.0. The first-order chi connectivity index (χ1) is 8.49. The second-order valence-electron chi connectivity index (χ2n) is 5.80. The van der Waals surface area contributed by atoms with Gasteiger partial charge in [-0.1, -0.05) is 56.3 Å². The summed E-state index contributed by atoms with van der Waals surface area (Å²) in [6.45, 7) is 4.06. The highest BCUT2D eigenvalue weighted by Gasteiger charge is 2.68. The summed E-state index contributed by atoms with van der Waals surface area (Å²) in [5.74, 6) is -0.705. The van der Waals surface area contributed by atoms with E-state index in [-0.39, 0.29) is 5.41 Å². The maximum Gasteiger partial charge on any atom is 0.314 e. The molecule has 2 aromatic rings.